The second-order valence-corrected chi connectivity index (χ2v) is 6.05. The molecule has 0 amide bonds. The van der Waals surface area contributed by atoms with Crippen molar-refractivity contribution < 1.29 is 13.5 Å². The molecule has 1 heterocycles. The van der Waals surface area contributed by atoms with Crippen molar-refractivity contribution in [1.29, 1.82) is 0 Å². The summed E-state index contributed by atoms with van der Waals surface area (Å²) in [5.41, 5.74) is 0.431. The van der Waals surface area contributed by atoms with E-state index in [1.165, 1.54) is 24.4 Å². The van der Waals surface area contributed by atoms with Gasteiger partial charge >= 0.3 is 0 Å². The van der Waals surface area contributed by atoms with Crippen LogP contribution in [0.25, 0.3) is 0 Å². The lowest BCUT2D eigenvalue weighted by Crippen LogP contribution is -2.15. The van der Waals surface area contributed by atoms with E-state index in [4.69, 9.17) is 28.3 Å². The summed E-state index contributed by atoms with van der Waals surface area (Å²) in [6.07, 6.45) is 1.24. The standard InChI is InChI=1S/C10H9Cl2N3O3S/c11-8-2-1-7(3-9(8)12)15-19(17,18)10-6(5-16)4-13-14-10/h1-4,15-16H,5H2,(H,13,14). The molecule has 19 heavy (non-hydrogen) atoms. The molecule has 3 N–H and O–H groups in total. The van der Waals surface area contributed by atoms with Crippen molar-refractivity contribution in [2.45, 2.75) is 11.6 Å². The van der Waals surface area contributed by atoms with Gasteiger partial charge in [-0.15, -0.1) is 0 Å². The van der Waals surface area contributed by atoms with Gasteiger partial charge in [0.1, 0.15) is 0 Å². The molecule has 0 saturated carbocycles. The average Bonchev–Trinajstić information content (AvgIpc) is 2.82. The number of hydrogen-bond donors (Lipinski definition) is 3. The van der Waals surface area contributed by atoms with Crippen LogP contribution in [0.15, 0.2) is 29.4 Å². The zero-order chi connectivity index (χ0) is 14.0. The van der Waals surface area contributed by atoms with Crippen molar-refractivity contribution in [1.82, 2.24) is 10.2 Å². The van der Waals surface area contributed by atoms with Gasteiger partial charge in [-0.25, -0.2) is 0 Å². The molecule has 0 saturated heterocycles. The van der Waals surface area contributed by atoms with Gasteiger partial charge in [0.05, 0.1) is 28.5 Å². The van der Waals surface area contributed by atoms with Crippen molar-refractivity contribution in [3.63, 3.8) is 0 Å². The SMILES string of the molecule is O=S(=O)(Nc1ccc(Cl)c(Cl)c1)c1[nH]ncc1CO. The van der Waals surface area contributed by atoms with Gasteiger partial charge in [0.2, 0.25) is 0 Å². The largest absolute Gasteiger partial charge is 0.392 e. The maximum atomic E-state index is 12.1. The Morgan fingerprint density at radius 3 is 2.68 bits per heavy atom. The van der Waals surface area contributed by atoms with Crippen LogP contribution in [0.5, 0.6) is 0 Å². The Morgan fingerprint density at radius 1 is 1.32 bits per heavy atom. The van der Waals surface area contributed by atoms with E-state index in [1.54, 1.807) is 0 Å². The van der Waals surface area contributed by atoms with Crippen molar-refractivity contribution in [3.8, 4) is 0 Å². The molecule has 0 bridgehead atoms. The Hall–Kier alpha value is -1.28. The molecule has 102 valence electrons. The molecule has 0 unspecified atom stereocenters. The first-order valence-electron chi connectivity index (χ1n) is 5.05. The highest BCUT2D eigenvalue weighted by Crippen LogP contribution is 2.26. The van der Waals surface area contributed by atoms with Crippen LogP contribution in [0.1, 0.15) is 5.56 Å². The van der Waals surface area contributed by atoms with Crippen LogP contribution in [-0.4, -0.2) is 23.7 Å². The summed E-state index contributed by atoms with van der Waals surface area (Å²) in [6.45, 7) is -0.436. The molecule has 0 aliphatic carbocycles. The average molecular weight is 322 g/mol. The van der Waals surface area contributed by atoms with Crippen LogP contribution < -0.4 is 4.72 Å². The third-order valence-electron chi connectivity index (χ3n) is 2.29. The molecule has 9 heteroatoms. The quantitative estimate of drug-likeness (QED) is 0.802. The van der Waals surface area contributed by atoms with Gasteiger partial charge < -0.3 is 5.11 Å². The molecule has 0 radical (unpaired) electrons. The highest BCUT2D eigenvalue weighted by Gasteiger charge is 2.20. The minimum Gasteiger partial charge on any atom is -0.392 e. The summed E-state index contributed by atoms with van der Waals surface area (Å²) in [7, 11) is -3.87. The molecule has 1 aromatic heterocycles. The number of aliphatic hydroxyl groups excluding tert-OH is 1. The van der Waals surface area contributed by atoms with E-state index in [0.29, 0.717) is 5.02 Å². The van der Waals surface area contributed by atoms with Crippen molar-refractivity contribution in [2.75, 3.05) is 4.72 Å². The molecule has 1 aromatic carbocycles. The number of nitrogens with zero attached hydrogens (tertiary/aromatic N) is 1. The van der Waals surface area contributed by atoms with Crippen molar-refractivity contribution in [2.24, 2.45) is 0 Å². The second-order valence-electron chi connectivity index (χ2n) is 3.62. The lowest BCUT2D eigenvalue weighted by Gasteiger charge is -2.08. The molecular weight excluding hydrogens is 313 g/mol. The molecule has 2 rings (SSSR count). The number of benzene rings is 1. The monoisotopic (exact) mass is 321 g/mol. The molecular formula is C10H9Cl2N3O3S. The normalized spacial score (nSPS) is 11.5. The Balaban J connectivity index is 2.34. The number of aromatic nitrogens is 2. The topological polar surface area (TPSA) is 95.1 Å². The lowest BCUT2D eigenvalue weighted by molar-refractivity contribution is 0.278. The zero-order valence-electron chi connectivity index (χ0n) is 9.39. The van der Waals surface area contributed by atoms with E-state index in [-0.39, 0.29) is 21.3 Å². The van der Waals surface area contributed by atoms with E-state index < -0.39 is 16.6 Å². The maximum Gasteiger partial charge on any atom is 0.279 e. The van der Waals surface area contributed by atoms with Gasteiger partial charge in [-0.1, -0.05) is 23.2 Å². The van der Waals surface area contributed by atoms with E-state index >= 15 is 0 Å². The Kier molecular flexibility index (Phi) is 4.00. The predicted molar refractivity (Wildman–Crippen MR) is 71.8 cm³/mol. The Bertz CT molecular complexity index is 700. The first-order chi connectivity index (χ1) is 8.94. The van der Waals surface area contributed by atoms with Crippen LogP contribution in [0.3, 0.4) is 0 Å². The highest BCUT2D eigenvalue weighted by molar-refractivity contribution is 7.92. The van der Waals surface area contributed by atoms with Gasteiger partial charge in [0, 0.05) is 5.56 Å². The third kappa shape index (κ3) is 3.01. The Labute approximate surface area is 119 Å². The number of nitrogens with one attached hydrogen (secondary N) is 2. The summed E-state index contributed by atoms with van der Waals surface area (Å²) in [5.74, 6) is 0. The summed E-state index contributed by atoms with van der Waals surface area (Å²) in [5, 5.41) is 15.3. The Morgan fingerprint density at radius 2 is 2.05 bits per heavy atom. The van der Waals surface area contributed by atoms with Gasteiger partial charge in [-0.2, -0.15) is 13.5 Å². The molecule has 0 fully saturated rings. The summed E-state index contributed by atoms with van der Waals surface area (Å²) in [6, 6.07) is 4.33. The minimum absolute atomic E-state index is 0.174. The van der Waals surface area contributed by atoms with Gasteiger partial charge in [0.15, 0.2) is 5.03 Å². The maximum absolute atomic E-state index is 12.1. The summed E-state index contributed by atoms with van der Waals surface area (Å²) >= 11 is 11.5. The summed E-state index contributed by atoms with van der Waals surface area (Å²) in [4.78, 5) is 0. The molecule has 0 aliphatic heterocycles. The van der Waals surface area contributed by atoms with E-state index in [1.807, 2.05) is 0 Å². The third-order valence-corrected chi connectivity index (χ3v) is 4.42. The molecule has 0 aliphatic rings. The van der Waals surface area contributed by atoms with Crippen LogP contribution in [-0.2, 0) is 16.6 Å². The first kappa shape index (κ1) is 14.1. The molecule has 2 aromatic rings. The van der Waals surface area contributed by atoms with Crippen molar-refractivity contribution in [3.05, 3.63) is 40.0 Å². The van der Waals surface area contributed by atoms with E-state index in [2.05, 4.69) is 14.9 Å². The number of rotatable bonds is 4. The number of anilines is 1. The fraction of sp³-hybridized carbons (Fsp3) is 0.100. The first-order valence-corrected chi connectivity index (χ1v) is 7.29. The fourth-order valence-electron chi connectivity index (χ4n) is 1.41. The highest BCUT2D eigenvalue weighted by atomic mass is 35.5. The minimum atomic E-state index is -3.87. The summed E-state index contributed by atoms with van der Waals surface area (Å²) < 4.78 is 26.4. The van der Waals surface area contributed by atoms with Crippen LogP contribution in [0.2, 0.25) is 10.0 Å². The van der Waals surface area contributed by atoms with Crippen molar-refractivity contribution >= 4 is 38.9 Å². The molecule has 0 spiro atoms. The van der Waals surface area contributed by atoms with Crippen LogP contribution in [0, 0.1) is 0 Å². The number of aromatic amines is 1. The van der Waals surface area contributed by atoms with Crippen LogP contribution in [0.4, 0.5) is 5.69 Å². The number of aliphatic hydroxyl groups is 1. The van der Waals surface area contributed by atoms with E-state index in [9.17, 15) is 8.42 Å². The molecule has 6 nitrogen and oxygen atoms in total. The number of hydrogen-bond acceptors (Lipinski definition) is 4. The second kappa shape index (κ2) is 5.38. The fourth-order valence-corrected chi connectivity index (χ4v) is 2.88. The number of sulfonamides is 1. The van der Waals surface area contributed by atoms with Crippen LogP contribution >= 0.6 is 23.2 Å². The van der Waals surface area contributed by atoms with Gasteiger partial charge in [-0.05, 0) is 18.2 Å². The molecule has 0 atom stereocenters. The predicted octanol–water partition coefficient (Wildman–Crippen LogP) is 2.01. The zero-order valence-corrected chi connectivity index (χ0v) is 11.7. The van der Waals surface area contributed by atoms with Gasteiger partial charge in [0.25, 0.3) is 10.0 Å². The smallest absolute Gasteiger partial charge is 0.279 e. The number of H-pyrrole nitrogens is 1. The lowest BCUT2D eigenvalue weighted by atomic mass is 10.3. The number of halogens is 2. The van der Waals surface area contributed by atoms with E-state index in [0.717, 1.165) is 0 Å². The van der Waals surface area contributed by atoms with Gasteiger partial charge in [-0.3, -0.25) is 9.82 Å².